The normalized spacial score (nSPS) is 18.1. The molecule has 0 spiro atoms. The molecular formula is C13H14N2O5. The molecule has 1 saturated heterocycles. The van der Waals surface area contributed by atoms with Crippen LogP contribution in [0.3, 0.4) is 0 Å². The topological polar surface area (TPSA) is 89.8 Å². The first-order valence-electron chi connectivity index (χ1n) is 6.15. The fourth-order valence-electron chi connectivity index (χ4n) is 2.14. The molecule has 0 radical (unpaired) electrons. The zero-order valence-electron chi connectivity index (χ0n) is 10.9. The molecule has 7 nitrogen and oxygen atoms in total. The molecule has 1 aliphatic rings. The molecule has 0 N–H and O–H groups in total. The molecule has 1 aromatic carbocycles. The molecule has 1 aromatic rings. The third-order valence-electron chi connectivity index (χ3n) is 3.16. The number of amides is 1. The van der Waals surface area contributed by atoms with Crippen molar-refractivity contribution in [3.8, 4) is 5.75 Å². The summed E-state index contributed by atoms with van der Waals surface area (Å²) in [5, 5.41) is 10.5. The van der Waals surface area contributed by atoms with Crippen molar-refractivity contribution in [2.75, 3.05) is 13.6 Å². The van der Waals surface area contributed by atoms with E-state index in [1.54, 1.807) is 11.9 Å². The molecule has 7 heteroatoms. The van der Waals surface area contributed by atoms with Crippen LogP contribution in [0.1, 0.15) is 12.8 Å². The smallest absolute Gasteiger partial charge is 0.311 e. The summed E-state index contributed by atoms with van der Waals surface area (Å²) < 4.78 is 5.09. The number of esters is 1. The first kappa shape index (κ1) is 14.0. The van der Waals surface area contributed by atoms with Gasteiger partial charge in [0.2, 0.25) is 5.91 Å². The van der Waals surface area contributed by atoms with Crippen molar-refractivity contribution in [1.29, 1.82) is 0 Å². The lowest BCUT2D eigenvalue weighted by Gasteiger charge is -2.09. The van der Waals surface area contributed by atoms with Gasteiger partial charge in [-0.25, -0.2) is 0 Å². The highest BCUT2D eigenvalue weighted by Crippen LogP contribution is 2.22. The van der Waals surface area contributed by atoms with Crippen molar-refractivity contribution in [2.45, 2.75) is 12.8 Å². The maximum atomic E-state index is 11.7. The van der Waals surface area contributed by atoms with Gasteiger partial charge in [0.1, 0.15) is 5.75 Å². The number of likely N-dealkylation sites (tertiary alicyclic amines) is 1. The lowest BCUT2D eigenvalue weighted by molar-refractivity contribution is -0.384. The van der Waals surface area contributed by atoms with E-state index in [-0.39, 0.29) is 29.7 Å². The first-order chi connectivity index (χ1) is 9.45. The Morgan fingerprint density at radius 1 is 1.45 bits per heavy atom. The lowest BCUT2D eigenvalue weighted by Crippen LogP contribution is -2.20. The molecule has 0 aliphatic carbocycles. The standard InChI is InChI=1S/C13H14N2O5/c1-14-8-9(6-12(14)16)7-13(17)20-11-4-2-10(3-5-11)15(18)19/h2-5,9H,6-8H2,1H3/t9-/m1/s1. The average molecular weight is 278 g/mol. The van der Waals surface area contributed by atoms with Gasteiger partial charge in [0.25, 0.3) is 5.69 Å². The summed E-state index contributed by atoms with van der Waals surface area (Å²) in [6.07, 6.45) is 0.513. The second-order valence-electron chi connectivity index (χ2n) is 4.77. The highest BCUT2D eigenvalue weighted by atomic mass is 16.6. The fourth-order valence-corrected chi connectivity index (χ4v) is 2.14. The number of benzene rings is 1. The van der Waals surface area contributed by atoms with Crippen molar-refractivity contribution in [1.82, 2.24) is 4.90 Å². The largest absolute Gasteiger partial charge is 0.427 e. The summed E-state index contributed by atoms with van der Waals surface area (Å²) in [6, 6.07) is 5.30. The van der Waals surface area contributed by atoms with Crippen molar-refractivity contribution in [2.24, 2.45) is 5.92 Å². The van der Waals surface area contributed by atoms with E-state index >= 15 is 0 Å². The van der Waals surface area contributed by atoms with Crippen molar-refractivity contribution < 1.29 is 19.2 Å². The van der Waals surface area contributed by atoms with Crippen molar-refractivity contribution in [3.05, 3.63) is 34.4 Å². The average Bonchev–Trinajstić information content (AvgIpc) is 2.68. The van der Waals surface area contributed by atoms with E-state index in [0.717, 1.165) is 0 Å². The molecule has 1 fully saturated rings. The molecule has 0 bridgehead atoms. The predicted octanol–water partition coefficient (Wildman–Crippen LogP) is 1.37. The van der Waals surface area contributed by atoms with E-state index < -0.39 is 10.9 Å². The van der Waals surface area contributed by atoms with Crippen LogP contribution >= 0.6 is 0 Å². The second-order valence-corrected chi connectivity index (χ2v) is 4.77. The van der Waals surface area contributed by atoms with Crippen LogP contribution in [-0.2, 0) is 9.59 Å². The van der Waals surface area contributed by atoms with Gasteiger partial charge in [0.05, 0.1) is 11.3 Å². The van der Waals surface area contributed by atoms with Gasteiger partial charge in [0.15, 0.2) is 0 Å². The summed E-state index contributed by atoms with van der Waals surface area (Å²) in [4.78, 5) is 34.6. The summed E-state index contributed by atoms with van der Waals surface area (Å²) >= 11 is 0. The summed E-state index contributed by atoms with van der Waals surface area (Å²) in [7, 11) is 1.70. The summed E-state index contributed by atoms with van der Waals surface area (Å²) in [5.41, 5.74) is -0.0622. The Balaban J connectivity index is 1.88. The van der Waals surface area contributed by atoms with Gasteiger partial charge in [0, 0.05) is 32.1 Å². The first-order valence-corrected chi connectivity index (χ1v) is 6.15. The van der Waals surface area contributed by atoms with Gasteiger partial charge in [-0.1, -0.05) is 0 Å². The van der Waals surface area contributed by atoms with Crippen LogP contribution in [0.15, 0.2) is 24.3 Å². The zero-order valence-corrected chi connectivity index (χ0v) is 10.9. The van der Waals surface area contributed by atoms with E-state index in [9.17, 15) is 19.7 Å². The zero-order chi connectivity index (χ0) is 14.7. The third-order valence-corrected chi connectivity index (χ3v) is 3.16. The molecule has 0 saturated carbocycles. The molecular weight excluding hydrogens is 264 g/mol. The van der Waals surface area contributed by atoms with Gasteiger partial charge in [-0.05, 0) is 18.1 Å². The van der Waals surface area contributed by atoms with Crippen molar-refractivity contribution >= 4 is 17.6 Å². The highest BCUT2D eigenvalue weighted by Gasteiger charge is 2.29. The number of rotatable bonds is 4. The Morgan fingerprint density at radius 3 is 2.60 bits per heavy atom. The number of non-ortho nitro benzene ring substituents is 1. The number of hydrogen-bond donors (Lipinski definition) is 0. The van der Waals surface area contributed by atoms with Crippen molar-refractivity contribution in [3.63, 3.8) is 0 Å². The number of nitro benzene ring substituents is 1. The van der Waals surface area contributed by atoms with E-state index in [1.165, 1.54) is 24.3 Å². The highest BCUT2D eigenvalue weighted by molar-refractivity contribution is 5.80. The predicted molar refractivity (Wildman–Crippen MR) is 69.1 cm³/mol. The van der Waals surface area contributed by atoms with E-state index in [1.807, 2.05) is 0 Å². The summed E-state index contributed by atoms with van der Waals surface area (Å²) in [5.74, 6) is -0.179. The maximum absolute atomic E-state index is 11.7. The quantitative estimate of drug-likeness (QED) is 0.359. The molecule has 1 heterocycles. The van der Waals surface area contributed by atoms with Crippen LogP contribution in [0.5, 0.6) is 5.75 Å². The van der Waals surface area contributed by atoms with Crippen LogP contribution in [0, 0.1) is 16.0 Å². The maximum Gasteiger partial charge on any atom is 0.311 e. The molecule has 106 valence electrons. The van der Waals surface area contributed by atoms with Crippen LogP contribution < -0.4 is 4.74 Å². The van der Waals surface area contributed by atoms with Crippen LogP contribution in [0.25, 0.3) is 0 Å². The number of carbonyl (C=O) groups excluding carboxylic acids is 2. The van der Waals surface area contributed by atoms with Crippen LogP contribution in [0.2, 0.25) is 0 Å². The van der Waals surface area contributed by atoms with E-state index in [4.69, 9.17) is 4.74 Å². The van der Waals surface area contributed by atoms with Crippen LogP contribution in [0.4, 0.5) is 5.69 Å². The Hall–Kier alpha value is -2.44. The minimum absolute atomic E-state index is 0.0261. The number of carbonyl (C=O) groups is 2. The van der Waals surface area contributed by atoms with Gasteiger partial charge < -0.3 is 9.64 Å². The molecule has 0 aromatic heterocycles. The minimum atomic E-state index is -0.522. The van der Waals surface area contributed by atoms with Gasteiger partial charge in [-0.15, -0.1) is 0 Å². The fraction of sp³-hybridized carbons (Fsp3) is 0.385. The van der Waals surface area contributed by atoms with E-state index in [2.05, 4.69) is 0 Å². The van der Waals surface area contributed by atoms with Crippen LogP contribution in [-0.4, -0.2) is 35.3 Å². The minimum Gasteiger partial charge on any atom is -0.427 e. The number of hydrogen-bond acceptors (Lipinski definition) is 5. The molecule has 1 aliphatic heterocycles. The molecule has 20 heavy (non-hydrogen) atoms. The SMILES string of the molecule is CN1C[C@@H](CC(=O)Oc2ccc([N+](=O)[O-])cc2)CC1=O. The molecule has 2 rings (SSSR count). The summed E-state index contributed by atoms with van der Waals surface area (Å²) in [6.45, 7) is 0.550. The Kier molecular flexibility index (Phi) is 3.97. The number of nitro groups is 1. The lowest BCUT2D eigenvalue weighted by atomic mass is 10.1. The molecule has 1 amide bonds. The third kappa shape index (κ3) is 3.31. The number of nitrogens with zero attached hydrogens (tertiary/aromatic N) is 2. The molecule has 0 unspecified atom stereocenters. The van der Waals surface area contributed by atoms with Gasteiger partial charge in [-0.3, -0.25) is 19.7 Å². The van der Waals surface area contributed by atoms with Gasteiger partial charge >= 0.3 is 5.97 Å². The monoisotopic (exact) mass is 278 g/mol. The van der Waals surface area contributed by atoms with E-state index in [0.29, 0.717) is 13.0 Å². The number of ether oxygens (including phenoxy) is 1. The molecule has 1 atom stereocenters. The Bertz CT molecular complexity index is 540. The second kappa shape index (κ2) is 5.68. The van der Waals surface area contributed by atoms with Gasteiger partial charge in [-0.2, -0.15) is 0 Å². The Labute approximate surface area is 115 Å². The Morgan fingerprint density at radius 2 is 2.10 bits per heavy atom.